The minimum absolute atomic E-state index is 0.193. The van der Waals surface area contributed by atoms with Crippen LogP contribution in [-0.2, 0) is 0 Å². The summed E-state index contributed by atoms with van der Waals surface area (Å²) >= 11 is 0. The van der Waals surface area contributed by atoms with Gasteiger partial charge in [-0.05, 0) is 59.7 Å². The minimum Gasteiger partial charge on any atom is -0.493 e. The maximum absolute atomic E-state index is 13.6. The van der Waals surface area contributed by atoms with Crippen LogP contribution in [0.3, 0.4) is 0 Å². The Morgan fingerprint density at radius 3 is 2.36 bits per heavy atom. The Balaban J connectivity index is 1.40. The van der Waals surface area contributed by atoms with E-state index in [1.807, 2.05) is 16.8 Å². The third-order valence-electron chi connectivity index (χ3n) is 7.98. The monoisotopic (exact) mass is 533 g/mol. The van der Waals surface area contributed by atoms with Gasteiger partial charge in [0.15, 0.2) is 17.3 Å². The zero-order valence-electron chi connectivity index (χ0n) is 22.1. The van der Waals surface area contributed by atoms with Crippen LogP contribution in [0.25, 0.3) is 10.9 Å². The number of hydrogen-bond donors (Lipinski definition) is 1. The first kappa shape index (κ1) is 25.3. The topological polar surface area (TPSA) is 101 Å². The molecule has 1 aliphatic carbocycles. The summed E-state index contributed by atoms with van der Waals surface area (Å²) in [5.41, 5.74) is 2.03. The number of aromatic amines is 1. The van der Waals surface area contributed by atoms with E-state index in [0.717, 1.165) is 49.8 Å². The van der Waals surface area contributed by atoms with Crippen LogP contribution < -0.4 is 19.9 Å². The highest BCUT2D eigenvalue weighted by Gasteiger charge is 2.35. The third kappa shape index (κ3) is 4.82. The molecule has 2 aliphatic rings. The van der Waals surface area contributed by atoms with Gasteiger partial charge in [-0.3, -0.25) is 9.69 Å². The van der Waals surface area contributed by atoms with Crippen molar-refractivity contribution >= 4 is 16.6 Å². The van der Waals surface area contributed by atoms with Gasteiger partial charge in [-0.15, -0.1) is 5.10 Å². The molecule has 2 fully saturated rings. The summed E-state index contributed by atoms with van der Waals surface area (Å²) in [7, 11) is 3.16. The van der Waals surface area contributed by atoms with E-state index >= 15 is 0 Å². The molecular formula is C28H32FN7O3. The van der Waals surface area contributed by atoms with Crippen molar-refractivity contribution in [1.29, 1.82) is 0 Å². The number of halogens is 1. The number of rotatable bonds is 7. The maximum atomic E-state index is 13.6. The minimum atomic E-state index is -0.433. The number of nitrogens with one attached hydrogen (secondary N) is 1. The Bertz CT molecular complexity index is 1510. The van der Waals surface area contributed by atoms with Crippen LogP contribution in [0.5, 0.6) is 11.5 Å². The molecule has 1 atom stereocenters. The van der Waals surface area contributed by atoms with Crippen LogP contribution in [-0.4, -0.2) is 70.5 Å². The van der Waals surface area contributed by atoms with Gasteiger partial charge >= 0.3 is 0 Å². The Morgan fingerprint density at radius 2 is 1.67 bits per heavy atom. The zero-order valence-corrected chi connectivity index (χ0v) is 22.1. The van der Waals surface area contributed by atoms with Crippen molar-refractivity contribution in [2.24, 2.45) is 0 Å². The lowest BCUT2D eigenvalue weighted by atomic mass is 10.0. The Kier molecular flexibility index (Phi) is 6.90. The average Bonchev–Trinajstić information content (AvgIpc) is 3.66. The Morgan fingerprint density at radius 1 is 0.974 bits per heavy atom. The lowest BCUT2D eigenvalue weighted by molar-refractivity contribution is 0.197. The fourth-order valence-electron chi connectivity index (χ4n) is 5.93. The second-order valence-corrected chi connectivity index (χ2v) is 10.2. The Labute approximate surface area is 225 Å². The number of nitrogens with zero attached hydrogens (tertiary/aromatic N) is 6. The van der Waals surface area contributed by atoms with E-state index in [9.17, 15) is 9.18 Å². The van der Waals surface area contributed by atoms with Gasteiger partial charge in [0, 0.05) is 48.9 Å². The van der Waals surface area contributed by atoms with Crippen LogP contribution in [0, 0.1) is 5.82 Å². The molecule has 1 aliphatic heterocycles. The maximum Gasteiger partial charge on any atom is 0.253 e. The molecule has 1 saturated heterocycles. The molecule has 2 aromatic carbocycles. The number of pyridine rings is 1. The van der Waals surface area contributed by atoms with E-state index in [1.54, 1.807) is 32.4 Å². The van der Waals surface area contributed by atoms with Crippen molar-refractivity contribution in [1.82, 2.24) is 30.1 Å². The van der Waals surface area contributed by atoms with Crippen LogP contribution in [0.2, 0.25) is 0 Å². The van der Waals surface area contributed by atoms with Gasteiger partial charge in [-0.1, -0.05) is 12.8 Å². The first-order chi connectivity index (χ1) is 19.1. The van der Waals surface area contributed by atoms with Gasteiger partial charge < -0.3 is 19.4 Å². The van der Waals surface area contributed by atoms with Crippen LogP contribution >= 0.6 is 0 Å². The molecule has 0 amide bonds. The Hall–Kier alpha value is -3.99. The van der Waals surface area contributed by atoms with Crippen molar-refractivity contribution in [2.75, 3.05) is 45.3 Å². The van der Waals surface area contributed by atoms with Crippen LogP contribution in [0.15, 0.2) is 47.3 Å². The summed E-state index contributed by atoms with van der Waals surface area (Å²) in [6.07, 6.45) is 4.33. The SMILES string of the molecule is COc1cc2cc([C@H](c3nnnn3C3CCCC3)N3CCN(c4ccc(F)cc4)CC3)c(=O)[nH]c2cc1OC. The highest BCUT2D eigenvalue weighted by atomic mass is 19.1. The van der Waals surface area contributed by atoms with Crippen molar-refractivity contribution in [3.63, 3.8) is 0 Å². The number of piperazine rings is 1. The van der Waals surface area contributed by atoms with Gasteiger partial charge in [0.2, 0.25) is 0 Å². The van der Waals surface area contributed by atoms with Gasteiger partial charge in [-0.25, -0.2) is 9.07 Å². The molecule has 0 spiro atoms. The standard InChI is InChI=1S/C28H32FN7O3/c1-38-24-16-18-15-22(28(37)30-23(18)17-25(24)39-2)26(27-31-32-33-36(27)21-5-3-4-6-21)35-13-11-34(12-14-35)20-9-7-19(29)8-10-20/h7-10,15-17,21,26H,3-6,11-14H2,1-2H3,(H,30,37)/t26-/m1/s1. The highest BCUT2D eigenvalue weighted by molar-refractivity contribution is 5.83. The largest absolute Gasteiger partial charge is 0.493 e. The summed E-state index contributed by atoms with van der Waals surface area (Å²) < 4.78 is 26.4. The number of aromatic nitrogens is 5. The number of H-pyrrole nitrogens is 1. The number of ether oxygens (including phenoxy) is 2. The summed E-state index contributed by atoms with van der Waals surface area (Å²) in [6, 6.07) is 11.9. The predicted molar refractivity (Wildman–Crippen MR) is 145 cm³/mol. The van der Waals surface area contributed by atoms with Gasteiger partial charge in [-0.2, -0.15) is 0 Å². The lowest BCUT2D eigenvalue weighted by Crippen LogP contribution is -2.49. The smallest absolute Gasteiger partial charge is 0.253 e. The van der Waals surface area contributed by atoms with E-state index < -0.39 is 6.04 Å². The van der Waals surface area contributed by atoms with E-state index in [2.05, 4.69) is 30.3 Å². The van der Waals surface area contributed by atoms with Crippen molar-refractivity contribution < 1.29 is 13.9 Å². The molecule has 1 saturated carbocycles. The van der Waals surface area contributed by atoms with E-state index in [-0.39, 0.29) is 17.4 Å². The van der Waals surface area contributed by atoms with Gasteiger partial charge in [0.1, 0.15) is 11.9 Å². The molecule has 204 valence electrons. The van der Waals surface area contributed by atoms with Crippen LogP contribution in [0.1, 0.15) is 49.2 Å². The second kappa shape index (κ2) is 10.6. The molecule has 3 heterocycles. The molecule has 6 rings (SSSR count). The molecule has 0 unspecified atom stereocenters. The fraction of sp³-hybridized carbons (Fsp3) is 0.429. The molecule has 10 nitrogen and oxygen atoms in total. The highest BCUT2D eigenvalue weighted by Crippen LogP contribution is 2.36. The number of hydrogen-bond acceptors (Lipinski definition) is 8. The molecule has 1 N–H and O–H groups in total. The predicted octanol–water partition coefficient (Wildman–Crippen LogP) is 3.70. The molecule has 0 bridgehead atoms. The van der Waals surface area contributed by atoms with Crippen LogP contribution in [0.4, 0.5) is 10.1 Å². The molecule has 11 heteroatoms. The number of benzene rings is 2. The van der Waals surface area contributed by atoms with E-state index in [4.69, 9.17) is 9.47 Å². The fourth-order valence-corrected chi connectivity index (χ4v) is 5.93. The number of tetrazole rings is 1. The first-order valence-corrected chi connectivity index (χ1v) is 13.4. The number of anilines is 1. The van der Waals surface area contributed by atoms with Crippen molar-refractivity contribution in [3.8, 4) is 11.5 Å². The van der Waals surface area contributed by atoms with Crippen molar-refractivity contribution in [2.45, 2.75) is 37.8 Å². The second-order valence-electron chi connectivity index (χ2n) is 10.2. The van der Waals surface area contributed by atoms with E-state index in [1.165, 1.54) is 12.1 Å². The molecule has 2 aromatic heterocycles. The number of fused-ring (bicyclic) bond motifs is 1. The van der Waals surface area contributed by atoms with Gasteiger partial charge in [0.25, 0.3) is 5.56 Å². The van der Waals surface area contributed by atoms with Crippen molar-refractivity contribution in [3.05, 3.63) is 70.0 Å². The summed E-state index contributed by atoms with van der Waals surface area (Å²) in [6.45, 7) is 2.82. The average molecular weight is 534 g/mol. The number of methoxy groups -OCH3 is 2. The normalized spacial score (nSPS) is 17.6. The molecule has 4 aromatic rings. The summed E-state index contributed by atoms with van der Waals surface area (Å²) in [5, 5.41) is 13.8. The summed E-state index contributed by atoms with van der Waals surface area (Å²) in [4.78, 5) is 21.2. The zero-order chi connectivity index (χ0) is 26.9. The lowest BCUT2D eigenvalue weighted by Gasteiger charge is -2.39. The summed E-state index contributed by atoms with van der Waals surface area (Å²) in [5.74, 6) is 1.57. The quantitative estimate of drug-likeness (QED) is 0.384. The molecule has 39 heavy (non-hydrogen) atoms. The molecule has 0 radical (unpaired) electrons. The molecular weight excluding hydrogens is 501 g/mol. The van der Waals surface area contributed by atoms with E-state index in [0.29, 0.717) is 41.5 Å². The first-order valence-electron chi connectivity index (χ1n) is 13.4. The third-order valence-corrected chi connectivity index (χ3v) is 7.98. The van der Waals surface area contributed by atoms with Gasteiger partial charge in [0.05, 0.1) is 25.8 Å².